The van der Waals surface area contributed by atoms with E-state index < -0.39 is 0 Å². The van der Waals surface area contributed by atoms with Crippen LogP contribution in [0, 0.1) is 12.8 Å². The van der Waals surface area contributed by atoms with Gasteiger partial charge in [-0.05, 0) is 19.3 Å². The highest BCUT2D eigenvalue weighted by Crippen LogP contribution is 2.17. The molecule has 0 aliphatic carbocycles. The van der Waals surface area contributed by atoms with Crippen molar-refractivity contribution >= 4 is 11.3 Å². The lowest BCUT2D eigenvalue weighted by molar-refractivity contribution is 0.564. The van der Waals surface area contributed by atoms with E-state index in [0.717, 1.165) is 5.92 Å². The van der Waals surface area contributed by atoms with Crippen LogP contribution < -0.4 is 0 Å². The molecule has 11 heavy (non-hydrogen) atoms. The zero-order valence-corrected chi connectivity index (χ0v) is 8.24. The van der Waals surface area contributed by atoms with E-state index in [1.54, 1.807) is 0 Å². The van der Waals surface area contributed by atoms with Gasteiger partial charge in [-0.25, -0.2) is 4.98 Å². The maximum Gasteiger partial charge on any atom is 0.0896 e. The molecule has 0 spiro atoms. The highest BCUT2D eigenvalue weighted by Gasteiger charge is 2.02. The second-order valence-electron chi connectivity index (χ2n) is 3.06. The van der Waals surface area contributed by atoms with Gasteiger partial charge in [0.2, 0.25) is 0 Å². The van der Waals surface area contributed by atoms with Crippen LogP contribution in [0.3, 0.4) is 0 Å². The summed E-state index contributed by atoms with van der Waals surface area (Å²) in [5.74, 6) is 0.801. The highest BCUT2D eigenvalue weighted by molar-refractivity contribution is 7.11. The van der Waals surface area contributed by atoms with Gasteiger partial charge in [0, 0.05) is 11.1 Å². The largest absolute Gasteiger partial charge is 0.250 e. The van der Waals surface area contributed by atoms with E-state index in [-0.39, 0.29) is 0 Å². The first-order chi connectivity index (χ1) is 5.22. The number of hydrogen-bond acceptors (Lipinski definition) is 2. The van der Waals surface area contributed by atoms with Crippen molar-refractivity contribution in [2.24, 2.45) is 5.92 Å². The third-order valence-electron chi connectivity index (χ3n) is 1.92. The van der Waals surface area contributed by atoms with Crippen LogP contribution >= 0.6 is 11.3 Å². The molecule has 0 saturated heterocycles. The fourth-order valence-corrected chi connectivity index (χ4v) is 1.95. The molecular formula is C9H15NS. The minimum absolute atomic E-state index is 0.801. The molecule has 1 unspecified atom stereocenters. The predicted molar refractivity (Wildman–Crippen MR) is 50.0 cm³/mol. The molecule has 1 heterocycles. The van der Waals surface area contributed by atoms with E-state index in [0.29, 0.717) is 0 Å². The van der Waals surface area contributed by atoms with Crippen LogP contribution in [-0.2, 0) is 6.42 Å². The molecule has 2 heteroatoms. The summed E-state index contributed by atoms with van der Waals surface area (Å²) >= 11 is 1.82. The lowest BCUT2D eigenvalue weighted by Crippen LogP contribution is -1.94. The molecule has 0 fully saturated rings. The van der Waals surface area contributed by atoms with Crippen LogP contribution in [0.1, 0.15) is 30.2 Å². The van der Waals surface area contributed by atoms with Crippen molar-refractivity contribution in [2.75, 3.05) is 0 Å². The topological polar surface area (TPSA) is 12.9 Å². The zero-order chi connectivity index (χ0) is 8.27. The van der Waals surface area contributed by atoms with Crippen molar-refractivity contribution in [1.82, 2.24) is 4.98 Å². The van der Waals surface area contributed by atoms with Gasteiger partial charge in [-0.1, -0.05) is 20.3 Å². The first-order valence-corrected chi connectivity index (χ1v) is 4.95. The van der Waals surface area contributed by atoms with E-state index in [1.807, 2.05) is 17.5 Å². The van der Waals surface area contributed by atoms with Gasteiger partial charge in [0.25, 0.3) is 0 Å². The minimum Gasteiger partial charge on any atom is -0.250 e. The van der Waals surface area contributed by atoms with Crippen LogP contribution in [0.15, 0.2) is 6.20 Å². The first kappa shape index (κ1) is 8.72. The molecule has 1 aromatic heterocycles. The fraction of sp³-hybridized carbons (Fsp3) is 0.667. The van der Waals surface area contributed by atoms with E-state index >= 15 is 0 Å². The Hall–Kier alpha value is -0.370. The molecule has 0 N–H and O–H groups in total. The van der Waals surface area contributed by atoms with Crippen molar-refractivity contribution in [3.63, 3.8) is 0 Å². The number of hydrogen-bond donors (Lipinski definition) is 0. The lowest BCUT2D eigenvalue weighted by Gasteiger charge is -2.03. The molecule has 1 nitrogen and oxygen atoms in total. The van der Waals surface area contributed by atoms with Crippen LogP contribution in [0.2, 0.25) is 0 Å². The lowest BCUT2D eigenvalue weighted by atomic mass is 10.1. The third kappa shape index (κ3) is 2.62. The van der Waals surface area contributed by atoms with E-state index in [4.69, 9.17) is 0 Å². The van der Waals surface area contributed by atoms with Gasteiger partial charge >= 0.3 is 0 Å². The third-order valence-corrected chi connectivity index (χ3v) is 2.85. The Morgan fingerprint density at radius 3 is 2.82 bits per heavy atom. The van der Waals surface area contributed by atoms with Crippen LogP contribution in [0.4, 0.5) is 0 Å². The van der Waals surface area contributed by atoms with E-state index in [9.17, 15) is 0 Å². The van der Waals surface area contributed by atoms with Crippen LogP contribution in [-0.4, -0.2) is 4.98 Å². The van der Waals surface area contributed by atoms with Crippen molar-refractivity contribution < 1.29 is 0 Å². The standard InChI is InChI=1S/C9H15NS/c1-4-7(2)5-9-6-10-8(3)11-9/h6-7H,4-5H2,1-3H3. The summed E-state index contributed by atoms with van der Waals surface area (Å²) in [6.07, 6.45) is 4.46. The van der Waals surface area contributed by atoms with Gasteiger partial charge in [-0.3, -0.25) is 0 Å². The Morgan fingerprint density at radius 2 is 2.36 bits per heavy atom. The minimum atomic E-state index is 0.801. The Balaban J connectivity index is 2.50. The molecule has 1 aromatic rings. The van der Waals surface area contributed by atoms with E-state index in [1.165, 1.54) is 22.7 Å². The molecule has 0 aliphatic rings. The zero-order valence-electron chi connectivity index (χ0n) is 7.42. The van der Waals surface area contributed by atoms with E-state index in [2.05, 4.69) is 25.8 Å². The Labute approximate surface area is 72.5 Å². The smallest absolute Gasteiger partial charge is 0.0896 e. The molecule has 1 rings (SSSR count). The number of rotatable bonds is 3. The normalized spacial score (nSPS) is 13.4. The second kappa shape index (κ2) is 3.86. The monoisotopic (exact) mass is 169 g/mol. The fourth-order valence-electron chi connectivity index (χ4n) is 0.987. The second-order valence-corrected chi connectivity index (χ2v) is 4.38. The summed E-state index contributed by atoms with van der Waals surface area (Å²) in [6.45, 7) is 6.58. The number of aryl methyl sites for hydroxylation is 1. The summed E-state index contributed by atoms with van der Waals surface area (Å²) in [7, 11) is 0. The Kier molecular flexibility index (Phi) is 3.06. The summed E-state index contributed by atoms with van der Waals surface area (Å²) < 4.78 is 0. The Morgan fingerprint density at radius 1 is 1.64 bits per heavy atom. The number of thiazole rings is 1. The number of nitrogens with zero attached hydrogens (tertiary/aromatic N) is 1. The van der Waals surface area contributed by atoms with Crippen molar-refractivity contribution in [3.8, 4) is 0 Å². The molecule has 0 radical (unpaired) electrons. The maximum atomic E-state index is 4.22. The maximum absolute atomic E-state index is 4.22. The molecule has 0 bridgehead atoms. The molecule has 0 saturated carbocycles. The molecular weight excluding hydrogens is 154 g/mol. The average molecular weight is 169 g/mol. The average Bonchev–Trinajstić information content (AvgIpc) is 2.35. The van der Waals surface area contributed by atoms with Crippen molar-refractivity contribution in [3.05, 3.63) is 16.1 Å². The van der Waals surface area contributed by atoms with Crippen LogP contribution in [0.5, 0.6) is 0 Å². The summed E-state index contributed by atoms with van der Waals surface area (Å²) in [4.78, 5) is 5.65. The SMILES string of the molecule is CCC(C)Cc1cnc(C)s1. The van der Waals surface area contributed by atoms with Crippen molar-refractivity contribution in [2.45, 2.75) is 33.6 Å². The van der Waals surface area contributed by atoms with Gasteiger partial charge in [0.1, 0.15) is 0 Å². The molecule has 0 amide bonds. The highest BCUT2D eigenvalue weighted by atomic mass is 32.1. The summed E-state index contributed by atoms with van der Waals surface area (Å²) in [5.41, 5.74) is 0. The summed E-state index contributed by atoms with van der Waals surface area (Å²) in [5, 5.41) is 1.18. The molecule has 0 aliphatic heterocycles. The quantitative estimate of drug-likeness (QED) is 0.677. The van der Waals surface area contributed by atoms with Gasteiger partial charge in [0.05, 0.1) is 5.01 Å². The predicted octanol–water partition coefficient (Wildman–Crippen LogP) is 3.04. The summed E-state index contributed by atoms with van der Waals surface area (Å²) in [6, 6.07) is 0. The Bertz CT molecular complexity index is 217. The van der Waals surface area contributed by atoms with Gasteiger partial charge in [-0.2, -0.15) is 0 Å². The first-order valence-electron chi connectivity index (χ1n) is 4.13. The molecule has 0 aromatic carbocycles. The van der Waals surface area contributed by atoms with Crippen molar-refractivity contribution in [1.29, 1.82) is 0 Å². The van der Waals surface area contributed by atoms with Gasteiger partial charge in [-0.15, -0.1) is 11.3 Å². The number of aromatic nitrogens is 1. The molecule has 1 atom stereocenters. The van der Waals surface area contributed by atoms with Gasteiger partial charge in [0.15, 0.2) is 0 Å². The van der Waals surface area contributed by atoms with Gasteiger partial charge < -0.3 is 0 Å². The van der Waals surface area contributed by atoms with Crippen LogP contribution in [0.25, 0.3) is 0 Å². The molecule has 62 valence electrons.